The topological polar surface area (TPSA) is 174 Å². The zero-order valence-corrected chi connectivity index (χ0v) is 24.0. The molecule has 234 valence electrons. The normalized spacial score (nSPS) is 30.1. The highest BCUT2D eigenvalue weighted by Crippen LogP contribution is 2.55. The van der Waals surface area contributed by atoms with E-state index >= 15 is 0 Å². The number of phenolic OH excluding ortho intramolecular Hbond substituents is 1. The number of ether oxygens (including phenoxy) is 1. The van der Waals surface area contributed by atoms with Gasteiger partial charge in [0, 0.05) is 24.1 Å². The summed E-state index contributed by atoms with van der Waals surface area (Å²) in [4.78, 5) is 42.4. The number of carbonyl (C=O) groups excluding carboxylic acids is 3. The monoisotopic (exact) mass is 609 g/mol. The number of likely N-dealkylation sites (N-methyl/N-ethyl adjacent to an activating group) is 1. The Bertz CT molecular complexity index is 1480. The van der Waals surface area contributed by atoms with E-state index in [1.807, 2.05) is 18.7 Å². The Morgan fingerprint density at radius 1 is 1.21 bits per heavy atom. The number of carbonyl (C=O) groups is 3. The number of alkyl halides is 3. The lowest BCUT2D eigenvalue weighted by Crippen LogP contribution is -2.65. The minimum absolute atomic E-state index is 0.0655. The number of aromatic hydroxyl groups is 1. The predicted molar refractivity (Wildman–Crippen MR) is 145 cm³/mol. The van der Waals surface area contributed by atoms with Gasteiger partial charge in [0.15, 0.2) is 11.4 Å². The lowest BCUT2D eigenvalue weighted by molar-refractivity contribution is -0.153. The molecule has 1 amide bonds. The molecule has 1 aromatic rings. The number of aliphatic hydroxyl groups excluding tert-OH is 2. The first-order valence-electron chi connectivity index (χ1n) is 13.9. The zero-order valence-electron chi connectivity index (χ0n) is 24.0. The first kappa shape index (κ1) is 31.0. The molecule has 0 aromatic heterocycles. The molecular weight excluding hydrogens is 575 g/mol. The molecule has 6 N–H and O–H groups in total. The van der Waals surface area contributed by atoms with Gasteiger partial charge in [0.1, 0.15) is 22.8 Å². The number of amides is 1. The number of hydrogen-bond donors (Lipinski definition) is 5. The average Bonchev–Trinajstić information content (AvgIpc) is 2.89. The highest BCUT2D eigenvalue weighted by molar-refractivity contribution is 6.24. The number of morpholine rings is 1. The Labute approximate surface area is 245 Å². The van der Waals surface area contributed by atoms with Crippen LogP contribution in [0.3, 0.4) is 0 Å². The average molecular weight is 610 g/mol. The maximum Gasteiger partial charge on any atom is 0.417 e. The van der Waals surface area contributed by atoms with Crippen LogP contribution in [0.15, 0.2) is 23.0 Å². The van der Waals surface area contributed by atoms with Gasteiger partial charge in [-0.1, -0.05) is 0 Å². The molecule has 43 heavy (non-hydrogen) atoms. The fourth-order valence-corrected chi connectivity index (χ4v) is 7.45. The van der Waals surface area contributed by atoms with E-state index in [-0.39, 0.29) is 24.6 Å². The van der Waals surface area contributed by atoms with E-state index in [1.54, 1.807) is 0 Å². The van der Waals surface area contributed by atoms with Gasteiger partial charge in [0.2, 0.25) is 5.78 Å². The number of phenols is 1. The van der Waals surface area contributed by atoms with Crippen molar-refractivity contribution >= 4 is 23.2 Å². The largest absolute Gasteiger partial charge is 0.508 e. The number of fused-ring (bicyclic) bond motifs is 3. The van der Waals surface area contributed by atoms with Crippen LogP contribution in [0.2, 0.25) is 0 Å². The molecule has 14 heteroatoms. The third-order valence-corrected chi connectivity index (χ3v) is 9.23. The van der Waals surface area contributed by atoms with Crippen LogP contribution in [0.25, 0.3) is 5.76 Å². The summed E-state index contributed by atoms with van der Waals surface area (Å²) in [6, 6.07) is -1.45. The zero-order chi connectivity index (χ0) is 31.9. The van der Waals surface area contributed by atoms with Gasteiger partial charge in [-0.15, -0.1) is 0 Å². The van der Waals surface area contributed by atoms with Crippen LogP contribution in [0.5, 0.6) is 5.75 Å². The third kappa shape index (κ3) is 4.45. The second-order valence-electron chi connectivity index (χ2n) is 12.1. The number of ketones is 2. The second-order valence-corrected chi connectivity index (χ2v) is 12.1. The van der Waals surface area contributed by atoms with Crippen molar-refractivity contribution in [3.05, 3.63) is 45.2 Å². The van der Waals surface area contributed by atoms with E-state index in [0.29, 0.717) is 13.2 Å². The summed E-state index contributed by atoms with van der Waals surface area (Å²) in [6.07, 6.45) is -5.73. The molecule has 0 radical (unpaired) electrons. The standard InChI is InChI=1S/C29H34F3N3O8/c1-11(2)35-5-6-43-10-16(35)13-9-17(36)19-14(21(13)29(30,31)32)7-12-8-15-22(34(3)4)24(38)20(27(33)41)26(40)28(15,42)25(39)18(12)23(19)37/h9,11-12,15-16,22,36-37,40,42H,5-8,10H2,1-4H3,(H2,33,41)/t12-,15-,16?,22-,28-/m0/s1. The highest BCUT2D eigenvalue weighted by atomic mass is 19.4. The fraction of sp³-hybridized carbons (Fsp3) is 0.552. The number of nitrogens with two attached hydrogens (primary N) is 1. The van der Waals surface area contributed by atoms with Gasteiger partial charge < -0.3 is 30.9 Å². The molecule has 0 spiro atoms. The summed E-state index contributed by atoms with van der Waals surface area (Å²) in [7, 11) is 2.87. The lowest BCUT2D eigenvalue weighted by Gasteiger charge is -2.50. The summed E-state index contributed by atoms with van der Waals surface area (Å²) in [6.45, 7) is 4.27. The number of Topliss-reactive ketones (excluding diaryl/α,β-unsaturated/α-hetero) is 2. The van der Waals surface area contributed by atoms with Crippen molar-refractivity contribution in [2.45, 2.75) is 56.6 Å². The fourth-order valence-electron chi connectivity index (χ4n) is 7.45. The van der Waals surface area contributed by atoms with Crippen molar-refractivity contribution in [2.24, 2.45) is 17.6 Å². The van der Waals surface area contributed by atoms with E-state index < -0.39 is 105 Å². The van der Waals surface area contributed by atoms with Crippen LogP contribution in [0, 0.1) is 11.8 Å². The maximum atomic E-state index is 14.9. The molecule has 5 atom stereocenters. The Morgan fingerprint density at radius 3 is 2.42 bits per heavy atom. The predicted octanol–water partition coefficient (Wildman–Crippen LogP) is 1.76. The summed E-state index contributed by atoms with van der Waals surface area (Å²) >= 11 is 0. The van der Waals surface area contributed by atoms with Crippen molar-refractivity contribution in [1.29, 1.82) is 0 Å². The SMILES string of the molecule is CC(C)N1CCOCC1c1cc(O)c2c(c1C(F)(F)F)C[C@H]1C[C@H]3[C@H](N(C)C)C(=O)C(C(N)=O)=C(O)[C@@]3(O)C(=O)C1=C2O. The van der Waals surface area contributed by atoms with Gasteiger partial charge in [-0.2, -0.15) is 13.2 Å². The summed E-state index contributed by atoms with van der Waals surface area (Å²) in [5, 5.41) is 45.0. The number of nitrogens with zero attached hydrogens (tertiary/aromatic N) is 2. The summed E-state index contributed by atoms with van der Waals surface area (Å²) < 4.78 is 50.3. The number of aliphatic hydroxyl groups is 3. The number of rotatable bonds is 4. The summed E-state index contributed by atoms with van der Waals surface area (Å²) in [5.41, 5.74) is -1.41. The second kappa shape index (κ2) is 10.3. The van der Waals surface area contributed by atoms with Crippen LogP contribution in [-0.2, 0) is 31.7 Å². The quantitative estimate of drug-likeness (QED) is 0.317. The first-order valence-corrected chi connectivity index (χ1v) is 13.9. The minimum Gasteiger partial charge on any atom is -0.508 e. The third-order valence-electron chi connectivity index (χ3n) is 9.23. The van der Waals surface area contributed by atoms with Crippen molar-refractivity contribution in [3.8, 4) is 5.75 Å². The molecular formula is C29H34F3N3O8. The van der Waals surface area contributed by atoms with E-state index in [9.17, 15) is 48.0 Å². The van der Waals surface area contributed by atoms with Gasteiger partial charge in [0.25, 0.3) is 5.91 Å². The molecule has 4 aliphatic rings. The Balaban J connectivity index is 1.75. The molecule has 0 bridgehead atoms. The van der Waals surface area contributed by atoms with Crippen LogP contribution >= 0.6 is 0 Å². The van der Waals surface area contributed by atoms with Gasteiger partial charge >= 0.3 is 6.18 Å². The van der Waals surface area contributed by atoms with Crippen molar-refractivity contribution in [1.82, 2.24) is 9.80 Å². The number of primary amides is 1. The number of hydrogen-bond acceptors (Lipinski definition) is 10. The van der Waals surface area contributed by atoms with E-state index in [0.717, 1.165) is 6.07 Å². The van der Waals surface area contributed by atoms with Gasteiger partial charge in [0.05, 0.1) is 36.4 Å². The highest BCUT2D eigenvalue weighted by Gasteiger charge is 2.64. The van der Waals surface area contributed by atoms with Gasteiger partial charge in [-0.25, -0.2) is 0 Å². The van der Waals surface area contributed by atoms with Crippen LogP contribution in [-0.4, -0.2) is 99.2 Å². The molecule has 11 nitrogen and oxygen atoms in total. The molecule has 1 saturated carbocycles. The first-order chi connectivity index (χ1) is 19.9. The molecule has 5 rings (SSSR count). The Morgan fingerprint density at radius 2 is 1.86 bits per heavy atom. The van der Waals surface area contributed by atoms with Crippen LogP contribution in [0.1, 0.15) is 48.6 Å². The molecule has 3 aliphatic carbocycles. The summed E-state index contributed by atoms with van der Waals surface area (Å²) in [5.74, 6) is -9.13. The van der Waals surface area contributed by atoms with E-state index in [2.05, 4.69) is 0 Å². The van der Waals surface area contributed by atoms with Crippen molar-refractivity contribution < 1.29 is 52.7 Å². The minimum atomic E-state index is -4.94. The van der Waals surface area contributed by atoms with E-state index in [1.165, 1.54) is 19.0 Å². The lowest BCUT2D eigenvalue weighted by atomic mass is 9.57. The van der Waals surface area contributed by atoms with Crippen molar-refractivity contribution in [2.75, 3.05) is 33.9 Å². The maximum absolute atomic E-state index is 14.9. The Kier molecular flexibility index (Phi) is 7.44. The molecule has 1 heterocycles. The Hall–Kier alpha value is -3.46. The van der Waals surface area contributed by atoms with Crippen LogP contribution < -0.4 is 5.73 Å². The van der Waals surface area contributed by atoms with Gasteiger partial charge in [-0.3, -0.25) is 24.2 Å². The van der Waals surface area contributed by atoms with Crippen molar-refractivity contribution in [3.63, 3.8) is 0 Å². The number of halogens is 3. The number of benzene rings is 1. The van der Waals surface area contributed by atoms with Crippen LogP contribution in [0.4, 0.5) is 13.2 Å². The molecule has 2 fully saturated rings. The molecule has 1 aromatic carbocycles. The van der Waals surface area contributed by atoms with E-state index in [4.69, 9.17) is 10.5 Å². The van der Waals surface area contributed by atoms with Gasteiger partial charge in [-0.05, 0) is 63.9 Å². The molecule has 1 saturated heterocycles. The smallest absolute Gasteiger partial charge is 0.417 e. The molecule has 1 unspecified atom stereocenters. The molecule has 1 aliphatic heterocycles.